The molecule has 0 aliphatic rings. The first-order valence-electron chi connectivity index (χ1n) is 8.41. The van der Waals surface area contributed by atoms with E-state index in [4.69, 9.17) is 0 Å². The van der Waals surface area contributed by atoms with Gasteiger partial charge in [-0.15, -0.1) is 11.8 Å². The van der Waals surface area contributed by atoms with Crippen molar-refractivity contribution in [1.29, 1.82) is 0 Å². The van der Waals surface area contributed by atoms with Gasteiger partial charge < -0.3 is 10.6 Å². The van der Waals surface area contributed by atoms with Crippen LogP contribution < -0.4 is 10.6 Å². The molecule has 2 aromatic carbocycles. The molecule has 0 unspecified atom stereocenters. The number of carbonyl (C=O) groups is 2. The molecule has 3 rings (SSSR count). The molecule has 0 fully saturated rings. The van der Waals surface area contributed by atoms with E-state index in [0.29, 0.717) is 11.3 Å². The van der Waals surface area contributed by atoms with Crippen molar-refractivity contribution < 1.29 is 9.59 Å². The summed E-state index contributed by atoms with van der Waals surface area (Å²) < 4.78 is 0. The predicted molar refractivity (Wildman–Crippen MR) is 109 cm³/mol. The molecule has 1 aromatic heterocycles. The fraction of sp³-hybridized carbons (Fsp3) is 0.0952. The number of hydrogen-bond donors (Lipinski definition) is 2. The largest absolute Gasteiger partial charge is 0.325 e. The van der Waals surface area contributed by atoms with Crippen LogP contribution in [0.4, 0.5) is 11.4 Å². The van der Waals surface area contributed by atoms with E-state index in [-0.39, 0.29) is 17.6 Å². The van der Waals surface area contributed by atoms with Crippen molar-refractivity contribution in [2.75, 3.05) is 16.4 Å². The first kappa shape index (κ1) is 18.7. The number of benzene rings is 2. The van der Waals surface area contributed by atoms with Gasteiger partial charge >= 0.3 is 0 Å². The first-order valence-corrected chi connectivity index (χ1v) is 9.39. The van der Waals surface area contributed by atoms with Gasteiger partial charge in [-0.05, 0) is 49.4 Å². The zero-order valence-corrected chi connectivity index (χ0v) is 15.6. The van der Waals surface area contributed by atoms with Gasteiger partial charge in [0.25, 0.3) is 5.91 Å². The molecule has 5 nitrogen and oxygen atoms in total. The summed E-state index contributed by atoms with van der Waals surface area (Å²) in [5, 5.41) is 5.71. The molecule has 0 aliphatic heterocycles. The number of thioether (sulfide) groups is 1. The van der Waals surface area contributed by atoms with E-state index < -0.39 is 0 Å². The Morgan fingerprint density at radius 1 is 0.926 bits per heavy atom. The summed E-state index contributed by atoms with van der Waals surface area (Å²) in [6, 6.07) is 18.4. The molecule has 136 valence electrons. The lowest BCUT2D eigenvalue weighted by Crippen LogP contribution is -2.14. The van der Waals surface area contributed by atoms with Crippen LogP contribution in [-0.2, 0) is 4.79 Å². The Hall–Kier alpha value is -3.12. The van der Waals surface area contributed by atoms with Crippen molar-refractivity contribution in [3.05, 3.63) is 84.2 Å². The topological polar surface area (TPSA) is 71.1 Å². The normalized spacial score (nSPS) is 10.3. The third-order valence-electron chi connectivity index (χ3n) is 3.71. The van der Waals surface area contributed by atoms with Crippen LogP contribution in [0.15, 0.2) is 78.0 Å². The van der Waals surface area contributed by atoms with Crippen molar-refractivity contribution in [3.63, 3.8) is 0 Å². The van der Waals surface area contributed by atoms with Crippen molar-refractivity contribution in [1.82, 2.24) is 4.98 Å². The van der Waals surface area contributed by atoms with Crippen molar-refractivity contribution >= 4 is 35.0 Å². The number of rotatable bonds is 6. The minimum atomic E-state index is -0.156. The summed E-state index contributed by atoms with van der Waals surface area (Å²) in [5.41, 5.74) is 3.06. The van der Waals surface area contributed by atoms with E-state index >= 15 is 0 Å². The molecular weight excluding hydrogens is 358 g/mol. The molecule has 27 heavy (non-hydrogen) atoms. The van der Waals surface area contributed by atoms with Crippen molar-refractivity contribution in [3.8, 4) is 0 Å². The van der Waals surface area contributed by atoms with Crippen LogP contribution in [0.5, 0.6) is 0 Å². The van der Waals surface area contributed by atoms with Gasteiger partial charge in [-0.3, -0.25) is 14.6 Å². The molecule has 0 aliphatic carbocycles. The first-order chi connectivity index (χ1) is 13.1. The Morgan fingerprint density at radius 3 is 2.48 bits per heavy atom. The molecule has 1 heterocycles. The fourth-order valence-corrected chi connectivity index (χ4v) is 3.19. The zero-order valence-electron chi connectivity index (χ0n) is 14.8. The Bertz CT molecular complexity index is 945. The van der Waals surface area contributed by atoms with E-state index in [9.17, 15) is 9.59 Å². The van der Waals surface area contributed by atoms with Gasteiger partial charge in [0.2, 0.25) is 5.91 Å². The Balaban J connectivity index is 1.57. The lowest BCUT2D eigenvalue weighted by molar-refractivity contribution is -0.113. The summed E-state index contributed by atoms with van der Waals surface area (Å²) in [4.78, 5) is 29.2. The third kappa shape index (κ3) is 5.69. The zero-order chi connectivity index (χ0) is 19.1. The molecule has 0 saturated carbocycles. The third-order valence-corrected chi connectivity index (χ3v) is 4.70. The summed E-state index contributed by atoms with van der Waals surface area (Å²) in [5.74, 6) is 0.0223. The lowest BCUT2D eigenvalue weighted by atomic mass is 10.1. The smallest absolute Gasteiger partial charge is 0.255 e. The highest BCUT2D eigenvalue weighted by Gasteiger charge is 2.08. The van der Waals surface area contributed by atoms with Crippen LogP contribution in [-0.4, -0.2) is 22.6 Å². The average molecular weight is 377 g/mol. The number of aromatic nitrogens is 1. The van der Waals surface area contributed by atoms with Gasteiger partial charge in [0.1, 0.15) is 0 Å². The molecule has 2 amide bonds. The maximum Gasteiger partial charge on any atom is 0.255 e. The number of carbonyl (C=O) groups excluding carboxylic acids is 2. The Kier molecular flexibility index (Phi) is 6.22. The number of aryl methyl sites for hydroxylation is 1. The number of pyridine rings is 1. The van der Waals surface area contributed by atoms with E-state index in [2.05, 4.69) is 15.6 Å². The lowest BCUT2D eigenvalue weighted by Gasteiger charge is -2.08. The summed E-state index contributed by atoms with van der Waals surface area (Å²) >= 11 is 1.41. The van der Waals surface area contributed by atoms with Gasteiger partial charge in [-0.25, -0.2) is 0 Å². The highest BCUT2D eigenvalue weighted by molar-refractivity contribution is 8.00. The van der Waals surface area contributed by atoms with Gasteiger partial charge in [-0.2, -0.15) is 0 Å². The Labute approximate surface area is 162 Å². The maximum atomic E-state index is 12.4. The second-order valence-electron chi connectivity index (χ2n) is 5.92. The predicted octanol–water partition coefficient (Wildman–Crippen LogP) is 4.37. The van der Waals surface area contributed by atoms with E-state index in [1.165, 1.54) is 11.8 Å². The van der Waals surface area contributed by atoms with Crippen LogP contribution in [0, 0.1) is 6.92 Å². The van der Waals surface area contributed by atoms with Gasteiger partial charge in [-0.1, -0.05) is 23.8 Å². The van der Waals surface area contributed by atoms with Crippen LogP contribution in [0.25, 0.3) is 0 Å². The highest BCUT2D eigenvalue weighted by atomic mass is 32.2. The average Bonchev–Trinajstić information content (AvgIpc) is 2.67. The number of anilines is 2. The second-order valence-corrected chi connectivity index (χ2v) is 6.97. The van der Waals surface area contributed by atoms with Crippen LogP contribution in [0.1, 0.15) is 15.9 Å². The number of nitrogens with zero attached hydrogens (tertiary/aromatic N) is 1. The molecule has 6 heteroatoms. The number of nitrogens with one attached hydrogen (secondary N) is 2. The standard InChI is InChI=1S/C21H19N3O2S/c1-15-4-2-5-16(12-15)21(26)24-18-6-3-7-19(13-18)27-14-20(25)23-17-8-10-22-11-9-17/h2-13H,14H2,1H3,(H,24,26)(H,22,23,25). The second kappa shape index (κ2) is 9.00. The monoisotopic (exact) mass is 377 g/mol. The molecule has 0 bridgehead atoms. The van der Waals surface area contributed by atoms with Gasteiger partial charge in [0.15, 0.2) is 0 Å². The molecular formula is C21H19N3O2S. The summed E-state index contributed by atoms with van der Waals surface area (Å²) in [7, 11) is 0. The molecule has 2 N–H and O–H groups in total. The SMILES string of the molecule is Cc1cccc(C(=O)Nc2cccc(SCC(=O)Nc3ccncc3)c2)c1. The molecule has 0 spiro atoms. The molecule has 3 aromatic rings. The van der Waals surface area contributed by atoms with Crippen LogP contribution in [0.3, 0.4) is 0 Å². The van der Waals surface area contributed by atoms with Crippen molar-refractivity contribution in [2.24, 2.45) is 0 Å². The van der Waals surface area contributed by atoms with Gasteiger partial charge in [0, 0.05) is 34.2 Å². The fourth-order valence-electron chi connectivity index (χ4n) is 2.43. The van der Waals surface area contributed by atoms with Crippen LogP contribution >= 0.6 is 11.8 Å². The number of hydrogen-bond acceptors (Lipinski definition) is 4. The van der Waals surface area contributed by atoms with E-state index in [1.54, 1.807) is 30.6 Å². The molecule has 0 atom stereocenters. The minimum absolute atomic E-state index is 0.0969. The van der Waals surface area contributed by atoms with Gasteiger partial charge in [0.05, 0.1) is 5.75 Å². The highest BCUT2D eigenvalue weighted by Crippen LogP contribution is 2.22. The Morgan fingerprint density at radius 2 is 1.70 bits per heavy atom. The van der Waals surface area contributed by atoms with Crippen LogP contribution in [0.2, 0.25) is 0 Å². The molecule has 0 radical (unpaired) electrons. The van der Waals surface area contributed by atoms with Crippen molar-refractivity contribution in [2.45, 2.75) is 11.8 Å². The summed E-state index contributed by atoms with van der Waals surface area (Å²) in [6.07, 6.45) is 3.26. The number of amides is 2. The summed E-state index contributed by atoms with van der Waals surface area (Å²) in [6.45, 7) is 1.95. The quantitative estimate of drug-likeness (QED) is 0.626. The molecule has 0 saturated heterocycles. The van der Waals surface area contributed by atoms with E-state index in [1.807, 2.05) is 49.4 Å². The maximum absolute atomic E-state index is 12.4. The van der Waals surface area contributed by atoms with E-state index in [0.717, 1.165) is 16.1 Å². The minimum Gasteiger partial charge on any atom is -0.325 e.